The number of nitrogens with one attached hydrogen (secondary N) is 2. The zero-order valence-corrected chi connectivity index (χ0v) is 11.6. The van der Waals surface area contributed by atoms with Crippen LogP contribution < -0.4 is 5.32 Å². The molecule has 0 aliphatic rings. The van der Waals surface area contributed by atoms with Crippen LogP contribution in [0, 0.1) is 10.1 Å². The topological polar surface area (TPSA) is 127 Å². The number of carbonyl (C=O) groups excluding carboxylic acids is 2. The molecule has 0 fully saturated rings. The molecule has 9 nitrogen and oxygen atoms in total. The number of carbonyl (C=O) groups is 2. The number of ether oxygens (including phenoxy) is 1. The van der Waals surface area contributed by atoms with Gasteiger partial charge in [0.2, 0.25) is 0 Å². The number of hydrogen-bond donors (Lipinski definition) is 2. The molecule has 1 rings (SSSR count). The molecule has 1 amide bonds. The molecule has 20 heavy (non-hydrogen) atoms. The van der Waals surface area contributed by atoms with Gasteiger partial charge in [0.1, 0.15) is 23.0 Å². The number of aromatic nitrogens is 2. The number of H-pyrrole nitrogens is 1. The minimum absolute atomic E-state index is 0.0524. The molecule has 1 heterocycles. The van der Waals surface area contributed by atoms with E-state index in [0.29, 0.717) is 6.29 Å². The van der Waals surface area contributed by atoms with Crippen LogP contribution in [-0.2, 0) is 15.1 Å². The standard InChI is InChI=1S/C11H16N4O5/c1-10(2,3)20-9(17)13-11(4,6-16)7-5-12-14-8(7)15(18)19/h5-6H,1-4H3,(H,12,14)(H,13,17). The largest absolute Gasteiger partial charge is 0.444 e. The Hall–Kier alpha value is -2.45. The molecule has 110 valence electrons. The van der Waals surface area contributed by atoms with Crippen LogP contribution in [0.4, 0.5) is 10.6 Å². The minimum Gasteiger partial charge on any atom is -0.444 e. The summed E-state index contributed by atoms with van der Waals surface area (Å²) in [6, 6.07) is 0. The fourth-order valence-electron chi connectivity index (χ4n) is 1.47. The molecule has 0 saturated heterocycles. The van der Waals surface area contributed by atoms with Crippen LogP contribution in [0.1, 0.15) is 33.3 Å². The highest BCUT2D eigenvalue weighted by Gasteiger charge is 2.37. The van der Waals surface area contributed by atoms with Gasteiger partial charge in [0.15, 0.2) is 0 Å². The third-order valence-electron chi connectivity index (χ3n) is 2.36. The van der Waals surface area contributed by atoms with Crippen molar-refractivity contribution >= 4 is 18.2 Å². The summed E-state index contributed by atoms with van der Waals surface area (Å²) >= 11 is 0. The third kappa shape index (κ3) is 3.53. The number of hydrogen-bond acceptors (Lipinski definition) is 6. The Balaban J connectivity index is 3.03. The van der Waals surface area contributed by atoms with Crippen molar-refractivity contribution in [3.05, 3.63) is 21.9 Å². The Kier molecular flexibility index (Phi) is 4.11. The third-order valence-corrected chi connectivity index (χ3v) is 2.36. The van der Waals surface area contributed by atoms with Gasteiger partial charge in [0.25, 0.3) is 0 Å². The van der Waals surface area contributed by atoms with Gasteiger partial charge in [0.05, 0.1) is 6.20 Å². The van der Waals surface area contributed by atoms with Gasteiger partial charge < -0.3 is 25.0 Å². The van der Waals surface area contributed by atoms with Crippen molar-refractivity contribution in [2.45, 2.75) is 38.8 Å². The lowest BCUT2D eigenvalue weighted by atomic mass is 9.96. The van der Waals surface area contributed by atoms with Gasteiger partial charge in [0, 0.05) is 0 Å². The van der Waals surface area contributed by atoms with Crippen molar-refractivity contribution in [3.8, 4) is 0 Å². The van der Waals surface area contributed by atoms with Crippen LogP contribution >= 0.6 is 0 Å². The normalized spacial score (nSPS) is 14.2. The van der Waals surface area contributed by atoms with E-state index in [4.69, 9.17) is 4.74 Å². The summed E-state index contributed by atoms with van der Waals surface area (Å²) in [6.07, 6.45) is 0.640. The van der Waals surface area contributed by atoms with Crippen molar-refractivity contribution in [1.29, 1.82) is 0 Å². The number of alkyl carbamates (subject to hydrolysis) is 1. The smallest absolute Gasteiger partial charge is 0.408 e. The van der Waals surface area contributed by atoms with Gasteiger partial charge in [-0.25, -0.2) is 4.79 Å². The predicted octanol–water partition coefficient (Wildman–Crippen LogP) is 1.26. The van der Waals surface area contributed by atoms with E-state index < -0.39 is 28.0 Å². The monoisotopic (exact) mass is 284 g/mol. The predicted molar refractivity (Wildman–Crippen MR) is 68.0 cm³/mol. The first kappa shape index (κ1) is 15.6. The van der Waals surface area contributed by atoms with Crippen LogP contribution in [0.25, 0.3) is 0 Å². The van der Waals surface area contributed by atoms with E-state index in [9.17, 15) is 19.7 Å². The van der Waals surface area contributed by atoms with E-state index in [1.165, 1.54) is 6.92 Å². The second kappa shape index (κ2) is 5.27. The van der Waals surface area contributed by atoms with E-state index in [-0.39, 0.29) is 5.56 Å². The fourth-order valence-corrected chi connectivity index (χ4v) is 1.47. The van der Waals surface area contributed by atoms with E-state index >= 15 is 0 Å². The molecule has 0 aliphatic heterocycles. The molecule has 2 N–H and O–H groups in total. The molecular formula is C11H16N4O5. The molecular weight excluding hydrogens is 268 g/mol. The lowest BCUT2D eigenvalue weighted by Crippen LogP contribution is -2.47. The Morgan fingerprint density at radius 3 is 2.55 bits per heavy atom. The van der Waals surface area contributed by atoms with Crippen molar-refractivity contribution in [2.24, 2.45) is 0 Å². The highest BCUT2D eigenvalue weighted by molar-refractivity contribution is 5.78. The number of amides is 1. The number of nitrogens with zero attached hydrogens (tertiary/aromatic N) is 2. The summed E-state index contributed by atoms with van der Waals surface area (Å²) in [6.45, 7) is 6.29. The maximum Gasteiger partial charge on any atom is 0.408 e. The minimum atomic E-state index is -1.61. The van der Waals surface area contributed by atoms with Crippen LogP contribution in [-0.4, -0.2) is 33.1 Å². The van der Waals surface area contributed by atoms with E-state index in [2.05, 4.69) is 15.5 Å². The van der Waals surface area contributed by atoms with Crippen molar-refractivity contribution in [3.63, 3.8) is 0 Å². The van der Waals surface area contributed by atoms with Crippen LogP contribution in [0.2, 0.25) is 0 Å². The second-order valence-corrected chi connectivity index (χ2v) is 5.34. The summed E-state index contributed by atoms with van der Waals surface area (Å²) < 4.78 is 5.02. The summed E-state index contributed by atoms with van der Waals surface area (Å²) in [7, 11) is 0. The lowest BCUT2D eigenvalue weighted by Gasteiger charge is -2.26. The number of aldehydes is 1. The van der Waals surface area contributed by atoms with Gasteiger partial charge in [-0.2, -0.15) is 0 Å². The Labute approximate surface area is 114 Å². The SMILES string of the molecule is CC(C)(C)OC(=O)NC(C)(C=O)c1cn[nH]c1[N+](=O)[O-]. The van der Waals surface area contributed by atoms with E-state index in [1.807, 2.05) is 0 Å². The Morgan fingerprint density at radius 2 is 2.10 bits per heavy atom. The summed E-state index contributed by atoms with van der Waals surface area (Å²) in [5, 5.41) is 18.8. The molecule has 0 saturated carbocycles. The lowest BCUT2D eigenvalue weighted by molar-refractivity contribution is -0.390. The maximum absolute atomic E-state index is 11.7. The van der Waals surface area contributed by atoms with Gasteiger partial charge in [-0.3, -0.25) is 0 Å². The van der Waals surface area contributed by atoms with E-state index in [1.54, 1.807) is 20.8 Å². The van der Waals surface area contributed by atoms with Crippen molar-refractivity contribution in [2.75, 3.05) is 0 Å². The highest BCUT2D eigenvalue weighted by atomic mass is 16.6. The number of aromatic amines is 1. The van der Waals surface area contributed by atoms with Gasteiger partial charge in [-0.05, 0) is 32.6 Å². The van der Waals surface area contributed by atoms with Gasteiger partial charge in [-0.1, -0.05) is 5.10 Å². The quantitative estimate of drug-likeness (QED) is 0.486. The highest BCUT2D eigenvalue weighted by Crippen LogP contribution is 2.26. The van der Waals surface area contributed by atoms with Crippen LogP contribution in [0.15, 0.2) is 6.20 Å². The summed E-state index contributed by atoms with van der Waals surface area (Å²) in [5.41, 5.74) is -2.42. The molecule has 0 aliphatic carbocycles. The fraction of sp³-hybridized carbons (Fsp3) is 0.545. The van der Waals surface area contributed by atoms with Crippen LogP contribution in [0.3, 0.4) is 0 Å². The first-order valence-electron chi connectivity index (χ1n) is 5.75. The first-order valence-corrected chi connectivity index (χ1v) is 5.75. The summed E-state index contributed by atoms with van der Waals surface area (Å²) in [4.78, 5) is 33.1. The average Bonchev–Trinajstić information content (AvgIpc) is 2.75. The molecule has 0 radical (unpaired) electrons. The average molecular weight is 284 g/mol. The molecule has 0 bridgehead atoms. The first-order chi connectivity index (χ1) is 9.09. The van der Waals surface area contributed by atoms with Gasteiger partial charge >= 0.3 is 11.9 Å². The van der Waals surface area contributed by atoms with E-state index in [0.717, 1.165) is 6.20 Å². The molecule has 0 spiro atoms. The molecule has 1 aromatic heterocycles. The summed E-state index contributed by atoms with van der Waals surface area (Å²) in [5.74, 6) is -0.462. The zero-order valence-electron chi connectivity index (χ0n) is 11.6. The number of nitro groups is 1. The number of rotatable bonds is 4. The molecule has 9 heteroatoms. The van der Waals surface area contributed by atoms with Crippen LogP contribution in [0.5, 0.6) is 0 Å². The van der Waals surface area contributed by atoms with Crippen molar-refractivity contribution in [1.82, 2.24) is 15.5 Å². The maximum atomic E-state index is 11.7. The molecule has 1 aromatic rings. The van der Waals surface area contributed by atoms with Crippen molar-refractivity contribution < 1.29 is 19.2 Å². The Morgan fingerprint density at radius 1 is 1.50 bits per heavy atom. The zero-order chi connectivity index (χ0) is 15.6. The molecule has 0 aromatic carbocycles. The molecule has 1 atom stereocenters. The molecule has 1 unspecified atom stereocenters. The Bertz CT molecular complexity index is 533. The second-order valence-electron chi connectivity index (χ2n) is 5.34. The van der Waals surface area contributed by atoms with Gasteiger partial charge in [-0.15, -0.1) is 5.10 Å².